The number of carboxylic acids is 2. The summed E-state index contributed by atoms with van der Waals surface area (Å²) in [4.78, 5) is 83.2. The van der Waals surface area contributed by atoms with E-state index in [-0.39, 0.29) is 19.3 Å². The molecule has 3 aromatic carbocycles. The Bertz CT molecular complexity index is 2130. The van der Waals surface area contributed by atoms with E-state index in [9.17, 15) is 39.0 Å². The monoisotopic (exact) mass is 743 g/mol. The number of carbonyl (C=O) groups is 6. The van der Waals surface area contributed by atoms with E-state index in [0.29, 0.717) is 16.1 Å². The molecule has 2 heterocycles. The number of aromatic nitrogens is 2. The number of nitrogens with one attached hydrogen (secondary N) is 5. The first-order valence-electron chi connectivity index (χ1n) is 16.6. The zero-order valence-electron chi connectivity index (χ0n) is 28.2. The number of rotatable bonds is 17. The van der Waals surface area contributed by atoms with E-state index in [0.717, 1.165) is 27.4 Å². The largest absolute Gasteiger partial charge is 0.481 e. The summed E-state index contributed by atoms with van der Waals surface area (Å²) in [6.07, 6.45) is 2.62. The van der Waals surface area contributed by atoms with Crippen molar-refractivity contribution in [1.29, 1.82) is 0 Å². The fraction of sp³-hybridized carbons (Fsp3) is 0.243. The summed E-state index contributed by atoms with van der Waals surface area (Å²) in [5, 5.41) is 28.5. The number of hydrogen-bond acceptors (Lipinski definition) is 7. The second-order valence-corrected chi connectivity index (χ2v) is 13.1. The lowest BCUT2D eigenvalue weighted by Gasteiger charge is -2.26. The van der Waals surface area contributed by atoms with E-state index in [4.69, 9.17) is 23.1 Å². The Balaban J connectivity index is 1.41. The first-order chi connectivity index (χ1) is 25.3. The molecular formula is C37H38ClN7O8. The molecule has 0 aliphatic heterocycles. The highest BCUT2D eigenvalue weighted by molar-refractivity contribution is 6.30. The third-order valence-corrected chi connectivity index (χ3v) is 9.15. The molecule has 11 N–H and O–H groups in total. The number of halogens is 1. The van der Waals surface area contributed by atoms with Gasteiger partial charge in [0.05, 0.1) is 6.04 Å². The van der Waals surface area contributed by atoms with Crippen molar-refractivity contribution in [2.24, 2.45) is 17.4 Å². The fourth-order valence-corrected chi connectivity index (χ4v) is 6.16. The van der Waals surface area contributed by atoms with Crippen molar-refractivity contribution in [3.05, 3.63) is 107 Å². The van der Waals surface area contributed by atoms with Crippen LogP contribution in [0.1, 0.15) is 23.1 Å². The van der Waals surface area contributed by atoms with Gasteiger partial charge >= 0.3 is 11.9 Å². The van der Waals surface area contributed by atoms with Crippen LogP contribution in [0.4, 0.5) is 0 Å². The molecule has 0 unspecified atom stereocenters. The van der Waals surface area contributed by atoms with Gasteiger partial charge in [-0.2, -0.15) is 0 Å². The van der Waals surface area contributed by atoms with E-state index in [1.807, 2.05) is 48.5 Å². The van der Waals surface area contributed by atoms with Crippen molar-refractivity contribution in [3.8, 4) is 0 Å². The van der Waals surface area contributed by atoms with Crippen molar-refractivity contribution >= 4 is 69.0 Å². The van der Waals surface area contributed by atoms with Crippen molar-refractivity contribution in [2.45, 2.75) is 49.9 Å². The SMILES string of the molecule is NC(=O)[C@H](CC(C(=O)O)C(=O)O)NC(=O)[C@H](Cc1ccc(Cl)cc1)NC(=O)[C@H](Cc1c[nH]c2ccccc12)NC(=O)[C@H](N)Cc1c[nH]c2ccccc12. The molecule has 0 aliphatic carbocycles. The zero-order chi connectivity index (χ0) is 38.2. The number of fused-ring (bicyclic) bond motifs is 2. The first-order valence-corrected chi connectivity index (χ1v) is 16.9. The zero-order valence-corrected chi connectivity index (χ0v) is 28.9. The molecule has 4 atom stereocenters. The predicted octanol–water partition coefficient (Wildman–Crippen LogP) is 1.77. The highest BCUT2D eigenvalue weighted by Gasteiger charge is 2.35. The van der Waals surface area contributed by atoms with Crippen LogP contribution >= 0.6 is 11.6 Å². The van der Waals surface area contributed by atoms with Gasteiger partial charge in [-0.3, -0.25) is 28.8 Å². The molecule has 0 saturated heterocycles. The van der Waals surface area contributed by atoms with Gasteiger partial charge in [0, 0.05) is 58.5 Å². The molecule has 4 amide bonds. The molecule has 5 rings (SSSR count). The minimum Gasteiger partial charge on any atom is -0.481 e. The van der Waals surface area contributed by atoms with Crippen LogP contribution in [0.2, 0.25) is 5.02 Å². The third kappa shape index (κ3) is 9.58. The number of nitrogens with two attached hydrogens (primary N) is 2. The number of hydrogen-bond donors (Lipinski definition) is 9. The van der Waals surface area contributed by atoms with E-state index in [1.54, 1.807) is 36.7 Å². The number of para-hydroxylation sites is 2. The summed E-state index contributed by atoms with van der Waals surface area (Å²) in [6.45, 7) is 0. The van der Waals surface area contributed by atoms with Crippen molar-refractivity contribution in [3.63, 3.8) is 0 Å². The number of H-pyrrole nitrogens is 2. The molecule has 53 heavy (non-hydrogen) atoms. The number of amides is 4. The highest BCUT2D eigenvalue weighted by Crippen LogP contribution is 2.21. The predicted molar refractivity (Wildman–Crippen MR) is 196 cm³/mol. The third-order valence-electron chi connectivity index (χ3n) is 8.90. The van der Waals surface area contributed by atoms with Gasteiger partial charge in [-0.1, -0.05) is 60.1 Å². The van der Waals surface area contributed by atoms with Crippen LogP contribution in [0.5, 0.6) is 0 Å². The molecule has 16 heteroatoms. The summed E-state index contributed by atoms with van der Waals surface area (Å²) in [7, 11) is 0. The number of carbonyl (C=O) groups excluding carboxylic acids is 4. The van der Waals surface area contributed by atoms with Crippen LogP contribution in [0.15, 0.2) is 85.2 Å². The Morgan fingerprint density at radius 1 is 0.642 bits per heavy atom. The minimum absolute atomic E-state index is 0.0144. The Kier molecular flexibility index (Phi) is 12.1. The van der Waals surface area contributed by atoms with Crippen molar-refractivity contribution < 1.29 is 39.0 Å². The summed E-state index contributed by atoms with van der Waals surface area (Å²) < 4.78 is 0. The van der Waals surface area contributed by atoms with Crippen LogP contribution in [0.3, 0.4) is 0 Å². The Morgan fingerprint density at radius 2 is 1.11 bits per heavy atom. The smallest absolute Gasteiger partial charge is 0.317 e. The molecule has 0 saturated carbocycles. The van der Waals surface area contributed by atoms with E-state index < -0.39 is 72.1 Å². The molecule has 276 valence electrons. The van der Waals surface area contributed by atoms with Gasteiger partial charge in [-0.25, -0.2) is 0 Å². The van der Waals surface area contributed by atoms with E-state index >= 15 is 0 Å². The van der Waals surface area contributed by atoms with Gasteiger partial charge in [-0.15, -0.1) is 0 Å². The molecule has 0 spiro atoms. The number of aliphatic carboxylic acids is 2. The fourth-order valence-electron chi connectivity index (χ4n) is 6.04. The Hall–Kier alpha value is -6.19. The molecule has 5 aromatic rings. The summed E-state index contributed by atoms with van der Waals surface area (Å²) in [5.41, 5.74) is 15.5. The summed E-state index contributed by atoms with van der Waals surface area (Å²) >= 11 is 6.05. The Labute approximate surface area is 307 Å². The molecular weight excluding hydrogens is 706 g/mol. The average Bonchev–Trinajstić information content (AvgIpc) is 3.73. The van der Waals surface area contributed by atoms with Crippen LogP contribution < -0.4 is 27.4 Å². The first kappa shape index (κ1) is 38.1. The van der Waals surface area contributed by atoms with Gasteiger partial charge in [0.25, 0.3) is 0 Å². The maximum Gasteiger partial charge on any atom is 0.317 e. The lowest BCUT2D eigenvalue weighted by atomic mass is 9.98. The molecule has 0 aliphatic rings. The number of primary amides is 1. The highest BCUT2D eigenvalue weighted by atomic mass is 35.5. The average molecular weight is 744 g/mol. The van der Waals surface area contributed by atoms with Gasteiger partial charge < -0.3 is 47.6 Å². The van der Waals surface area contributed by atoms with Crippen LogP contribution in [0.25, 0.3) is 21.8 Å². The van der Waals surface area contributed by atoms with Gasteiger partial charge in [0.2, 0.25) is 23.6 Å². The van der Waals surface area contributed by atoms with Gasteiger partial charge in [0.1, 0.15) is 18.1 Å². The quantitative estimate of drug-likeness (QED) is 0.0628. The van der Waals surface area contributed by atoms with Gasteiger partial charge in [-0.05, 0) is 47.4 Å². The summed E-state index contributed by atoms with van der Waals surface area (Å²) in [5.74, 6) is -9.07. The number of benzene rings is 3. The standard InChI is InChI=1S/C37H38ClN7O8/c38-22-11-9-19(10-12-22)13-30(34(48)43-29(32(40)46)16-25(36(50)51)37(52)53)45-35(49)31(15-21-18-42-28-8-4-2-6-24(21)28)44-33(47)26(39)14-20-17-41-27-7-3-1-5-23(20)27/h1-12,17-18,25-26,29-31,41-42H,13-16,39H2,(H2,40,46)(H,43,48)(H,44,47)(H,45,49)(H,50,51)(H,52,53)/t26-,29+,30+,31+/m1/s1. The Morgan fingerprint density at radius 3 is 1.64 bits per heavy atom. The van der Waals surface area contributed by atoms with Gasteiger partial charge in [0.15, 0.2) is 5.92 Å². The molecule has 2 aromatic heterocycles. The van der Waals surface area contributed by atoms with Crippen LogP contribution in [0, 0.1) is 5.92 Å². The molecule has 15 nitrogen and oxygen atoms in total. The number of carboxylic acid groups (broad SMARTS) is 2. The topological polar surface area (TPSA) is 263 Å². The second-order valence-electron chi connectivity index (χ2n) is 12.6. The van der Waals surface area contributed by atoms with Crippen LogP contribution in [-0.2, 0) is 48.0 Å². The second kappa shape index (κ2) is 16.9. The normalized spacial score (nSPS) is 13.6. The van der Waals surface area contributed by atoms with E-state index in [1.165, 1.54) is 0 Å². The molecule has 0 fully saturated rings. The van der Waals surface area contributed by atoms with Crippen molar-refractivity contribution in [1.82, 2.24) is 25.9 Å². The lowest BCUT2D eigenvalue weighted by Crippen LogP contribution is -2.59. The molecule has 0 bridgehead atoms. The maximum absolute atomic E-state index is 14.2. The minimum atomic E-state index is -2.05. The summed E-state index contributed by atoms with van der Waals surface area (Å²) in [6, 6.07) is 15.8. The van der Waals surface area contributed by atoms with Crippen molar-refractivity contribution in [2.75, 3.05) is 0 Å². The van der Waals surface area contributed by atoms with E-state index in [2.05, 4.69) is 25.9 Å². The maximum atomic E-state index is 14.2. The lowest BCUT2D eigenvalue weighted by molar-refractivity contribution is -0.155. The molecule has 0 radical (unpaired) electrons. The number of aromatic amines is 2. The van der Waals surface area contributed by atoms with Crippen LogP contribution in [-0.4, -0.2) is 79.9 Å².